The molecule has 1 N–H and O–H groups in total. The summed E-state index contributed by atoms with van der Waals surface area (Å²) in [6.07, 6.45) is 2.12. The molecule has 0 saturated carbocycles. The van der Waals surface area contributed by atoms with Crippen LogP contribution in [-0.2, 0) is 20.0 Å². The number of carbonyl (C=O) groups is 2. The van der Waals surface area contributed by atoms with Crippen LogP contribution in [0, 0.1) is 0 Å². The summed E-state index contributed by atoms with van der Waals surface area (Å²) < 4.78 is 12.0. The molecule has 1 aliphatic heterocycles. The number of nitrogens with one attached hydrogen (secondary N) is 1. The fraction of sp³-hybridized carbons (Fsp3) is 0.435. The van der Waals surface area contributed by atoms with Crippen LogP contribution in [-0.4, -0.2) is 47.6 Å². The maximum atomic E-state index is 13.3. The summed E-state index contributed by atoms with van der Waals surface area (Å²) in [5, 5.41) is 2.88. The molecule has 2 heterocycles. The molecule has 8 nitrogen and oxygen atoms in total. The third kappa shape index (κ3) is 4.57. The van der Waals surface area contributed by atoms with Gasteiger partial charge in [0.1, 0.15) is 17.1 Å². The zero-order valence-corrected chi connectivity index (χ0v) is 18.9. The molecule has 0 bridgehead atoms. The van der Waals surface area contributed by atoms with E-state index in [0.29, 0.717) is 42.1 Å². The molecule has 0 fully saturated rings. The van der Waals surface area contributed by atoms with E-state index in [1.165, 1.54) is 18.8 Å². The van der Waals surface area contributed by atoms with E-state index in [9.17, 15) is 14.4 Å². The number of aryl methyl sites for hydroxylation is 1. The van der Waals surface area contributed by atoms with E-state index < -0.39 is 5.54 Å². The number of methoxy groups -OCH3 is 2. The zero-order chi connectivity index (χ0) is 22.9. The summed E-state index contributed by atoms with van der Waals surface area (Å²) in [5.41, 5.74) is 1.23. The Hall–Kier alpha value is -3.29. The maximum absolute atomic E-state index is 13.3. The average Bonchev–Trinajstić information content (AvgIpc) is 2.71. The zero-order valence-electron chi connectivity index (χ0n) is 18.9. The molecular formula is C23H29N3O5. The molecule has 1 aromatic heterocycles. The summed E-state index contributed by atoms with van der Waals surface area (Å²) in [4.78, 5) is 40.6. The van der Waals surface area contributed by atoms with Crippen molar-refractivity contribution in [2.45, 2.75) is 39.3 Å². The second kappa shape index (κ2) is 8.45. The van der Waals surface area contributed by atoms with Gasteiger partial charge in [0.2, 0.25) is 0 Å². The summed E-state index contributed by atoms with van der Waals surface area (Å²) in [6, 6.07) is 5.08. The Morgan fingerprint density at radius 3 is 2.45 bits per heavy atom. The summed E-state index contributed by atoms with van der Waals surface area (Å²) >= 11 is 0. The third-order valence-corrected chi connectivity index (χ3v) is 5.21. The third-order valence-electron chi connectivity index (χ3n) is 5.21. The van der Waals surface area contributed by atoms with Crippen LogP contribution in [0.2, 0.25) is 0 Å². The predicted molar refractivity (Wildman–Crippen MR) is 117 cm³/mol. The molecule has 31 heavy (non-hydrogen) atoms. The molecule has 1 aliphatic rings. The fourth-order valence-corrected chi connectivity index (χ4v) is 3.75. The number of aromatic nitrogens is 1. The lowest BCUT2D eigenvalue weighted by atomic mass is 9.95. The Balaban J connectivity index is 1.97. The molecule has 166 valence electrons. The Morgan fingerprint density at radius 1 is 1.13 bits per heavy atom. The minimum absolute atomic E-state index is 0.154. The molecule has 0 atom stereocenters. The van der Waals surface area contributed by atoms with Gasteiger partial charge in [0.25, 0.3) is 17.4 Å². The van der Waals surface area contributed by atoms with Gasteiger partial charge in [0.15, 0.2) is 0 Å². The number of hydrogen-bond donors (Lipinski definition) is 1. The minimum Gasteiger partial charge on any atom is -0.497 e. The topological polar surface area (TPSA) is 89.9 Å². The highest BCUT2D eigenvalue weighted by Crippen LogP contribution is 2.28. The molecule has 0 saturated heterocycles. The number of pyridine rings is 1. The van der Waals surface area contributed by atoms with Gasteiger partial charge in [-0.15, -0.1) is 0 Å². The van der Waals surface area contributed by atoms with Gasteiger partial charge in [-0.05, 0) is 56.5 Å². The highest BCUT2D eigenvalue weighted by atomic mass is 16.5. The summed E-state index contributed by atoms with van der Waals surface area (Å²) in [7, 11) is 4.67. The van der Waals surface area contributed by atoms with E-state index in [2.05, 4.69) is 5.32 Å². The molecule has 8 heteroatoms. The molecule has 2 aromatic rings. The van der Waals surface area contributed by atoms with E-state index in [1.807, 2.05) is 20.8 Å². The van der Waals surface area contributed by atoms with E-state index in [0.717, 1.165) is 5.56 Å². The van der Waals surface area contributed by atoms with Gasteiger partial charge in [0.05, 0.1) is 19.8 Å². The smallest absolute Gasteiger partial charge is 0.263 e. The lowest BCUT2D eigenvalue weighted by Gasteiger charge is -2.31. The van der Waals surface area contributed by atoms with Crippen LogP contribution in [0.25, 0.3) is 0 Å². The normalized spacial score (nSPS) is 13.4. The van der Waals surface area contributed by atoms with Crippen molar-refractivity contribution in [2.24, 2.45) is 7.05 Å². The Kier molecular flexibility index (Phi) is 6.10. The highest BCUT2D eigenvalue weighted by molar-refractivity contribution is 5.98. The van der Waals surface area contributed by atoms with Gasteiger partial charge in [0, 0.05) is 31.9 Å². The molecule has 0 spiro atoms. The highest BCUT2D eigenvalue weighted by Gasteiger charge is 2.30. The van der Waals surface area contributed by atoms with Crippen LogP contribution in [0.4, 0.5) is 0 Å². The van der Waals surface area contributed by atoms with Crippen molar-refractivity contribution in [3.8, 4) is 11.5 Å². The number of fused-ring (bicyclic) bond motifs is 1. The number of hydrogen-bond acceptors (Lipinski definition) is 5. The SMILES string of the molecule is COc1ccc(OC)c(C(=O)N2CCc3c(cn(C)c(=O)c3C(=O)NC(C)(C)C)C2)c1. The maximum Gasteiger partial charge on any atom is 0.263 e. The molecular weight excluding hydrogens is 398 g/mol. The molecule has 3 rings (SSSR count). The number of benzene rings is 1. The molecule has 0 radical (unpaired) electrons. The van der Waals surface area contributed by atoms with Gasteiger partial charge >= 0.3 is 0 Å². The van der Waals surface area contributed by atoms with E-state index in [1.54, 1.807) is 36.3 Å². The van der Waals surface area contributed by atoms with Gasteiger partial charge in [-0.3, -0.25) is 14.4 Å². The molecule has 0 unspecified atom stereocenters. The van der Waals surface area contributed by atoms with Crippen LogP contribution in [0.1, 0.15) is 52.6 Å². The predicted octanol–water partition coefficient (Wildman–Crippen LogP) is 2.13. The van der Waals surface area contributed by atoms with Crippen molar-refractivity contribution in [2.75, 3.05) is 20.8 Å². The van der Waals surface area contributed by atoms with Crippen molar-refractivity contribution in [1.29, 1.82) is 0 Å². The van der Waals surface area contributed by atoms with Gasteiger partial charge in [-0.25, -0.2) is 0 Å². The first kappa shape index (κ1) is 22.4. The lowest BCUT2D eigenvalue weighted by molar-refractivity contribution is 0.0730. The van der Waals surface area contributed by atoms with Crippen molar-refractivity contribution >= 4 is 11.8 Å². The average molecular weight is 428 g/mol. The largest absolute Gasteiger partial charge is 0.497 e. The van der Waals surface area contributed by atoms with Crippen LogP contribution < -0.4 is 20.3 Å². The Morgan fingerprint density at radius 2 is 1.84 bits per heavy atom. The van der Waals surface area contributed by atoms with Crippen molar-refractivity contribution in [1.82, 2.24) is 14.8 Å². The van der Waals surface area contributed by atoms with Gasteiger partial charge in [-0.1, -0.05) is 0 Å². The van der Waals surface area contributed by atoms with Crippen molar-refractivity contribution in [3.63, 3.8) is 0 Å². The molecule has 0 aliphatic carbocycles. The standard InChI is InChI=1S/C23H29N3O5/c1-23(2,3)24-20(27)19-16-9-10-26(13-14(16)12-25(4)22(19)29)21(28)17-11-15(30-5)7-8-18(17)31-6/h7-8,11-12H,9-10,13H2,1-6H3,(H,24,27). The number of rotatable bonds is 4. The van der Waals surface area contributed by atoms with Crippen molar-refractivity contribution in [3.05, 3.63) is 57.0 Å². The Labute approximate surface area is 181 Å². The van der Waals surface area contributed by atoms with Gasteiger partial charge in [-0.2, -0.15) is 0 Å². The monoisotopic (exact) mass is 427 g/mol. The first-order valence-electron chi connectivity index (χ1n) is 10.1. The first-order valence-corrected chi connectivity index (χ1v) is 10.1. The van der Waals surface area contributed by atoms with Crippen LogP contribution in [0.15, 0.2) is 29.2 Å². The second-order valence-electron chi connectivity index (χ2n) is 8.67. The quantitative estimate of drug-likeness (QED) is 0.807. The summed E-state index contributed by atoms with van der Waals surface area (Å²) in [5.74, 6) is 0.433. The van der Waals surface area contributed by atoms with Crippen LogP contribution >= 0.6 is 0 Å². The molecule has 2 amide bonds. The first-order chi connectivity index (χ1) is 14.6. The van der Waals surface area contributed by atoms with Crippen LogP contribution in [0.5, 0.6) is 11.5 Å². The number of ether oxygens (including phenoxy) is 2. The Bertz CT molecular complexity index is 1080. The van der Waals surface area contributed by atoms with E-state index in [4.69, 9.17) is 9.47 Å². The minimum atomic E-state index is -0.468. The van der Waals surface area contributed by atoms with Crippen LogP contribution in [0.3, 0.4) is 0 Å². The fourth-order valence-electron chi connectivity index (χ4n) is 3.75. The second-order valence-corrected chi connectivity index (χ2v) is 8.67. The number of amides is 2. The number of nitrogens with zero attached hydrogens (tertiary/aromatic N) is 2. The van der Waals surface area contributed by atoms with E-state index in [-0.39, 0.29) is 22.9 Å². The van der Waals surface area contributed by atoms with E-state index >= 15 is 0 Å². The summed E-state index contributed by atoms with van der Waals surface area (Å²) in [6.45, 7) is 6.28. The van der Waals surface area contributed by atoms with Crippen molar-refractivity contribution < 1.29 is 19.1 Å². The lowest BCUT2D eigenvalue weighted by Crippen LogP contribution is -2.45. The van der Waals surface area contributed by atoms with Gasteiger partial charge < -0.3 is 24.3 Å². The molecule has 1 aromatic carbocycles. The number of carbonyl (C=O) groups excluding carboxylic acids is 2.